The molecule has 2 amide bonds. The lowest BCUT2D eigenvalue weighted by molar-refractivity contribution is -0.132. The second-order valence-electron chi connectivity index (χ2n) is 4.14. The Morgan fingerprint density at radius 1 is 1.32 bits per heavy atom. The van der Waals surface area contributed by atoms with Crippen molar-refractivity contribution in [1.29, 1.82) is 0 Å². The summed E-state index contributed by atoms with van der Waals surface area (Å²) in [5.41, 5.74) is 0.959. The molecular weight excluding hydrogens is 244 g/mol. The third kappa shape index (κ3) is 4.83. The monoisotopic (exact) mass is 262 g/mol. The smallest absolute Gasteiger partial charge is 0.330 e. The first-order chi connectivity index (χ1) is 9.02. The van der Waals surface area contributed by atoms with Gasteiger partial charge in [-0.15, -0.1) is 0 Å². The zero-order chi connectivity index (χ0) is 14.3. The lowest BCUT2D eigenvalue weighted by Gasteiger charge is -2.17. The largest absolute Gasteiger partial charge is 0.478 e. The molecule has 1 rings (SSSR count). The van der Waals surface area contributed by atoms with Gasteiger partial charge in [0.15, 0.2) is 0 Å². The molecule has 0 saturated heterocycles. The van der Waals surface area contributed by atoms with Crippen molar-refractivity contribution in [3.63, 3.8) is 0 Å². The van der Waals surface area contributed by atoms with Crippen LogP contribution < -0.4 is 10.2 Å². The van der Waals surface area contributed by atoms with Gasteiger partial charge in [0.25, 0.3) is 0 Å². The maximum absolute atomic E-state index is 11.8. The van der Waals surface area contributed by atoms with Crippen LogP contribution in [0, 0.1) is 0 Å². The first-order valence-electron chi connectivity index (χ1n) is 6.00. The van der Waals surface area contributed by atoms with E-state index >= 15 is 0 Å². The Bertz CT molecular complexity index is 457. The zero-order valence-corrected chi connectivity index (χ0v) is 10.9. The van der Waals surface area contributed by atoms with Gasteiger partial charge in [0.2, 0.25) is 0 Å². The third-order valence-corrected chi connectivity index (χ3v) is 2.68. The summed E-state index contributed by atoms with van der Waals surface area (Å²) in [6.07, 6.45) is 0.921. The van der Waals surface area contributed by atoms with Crippen LogP contribution in [0.25, 0.3) is 0 Å². The summed E-state index contributed by atoms with van der Waals surface area (Å²) in [6.45, 7) is 3.85. The standard InChI is InChI=1S/C14H18N2O3/c1-11(13(17)18)7-6-10-15-14(19)16(2)12-8-4-3-5-9-12/h3-5,8-9H,1,6-7,10H2,2H3,(H,15,19)(H,17,18). The number of hydrogen-bond acceptors (Lipinski definition) is 2. The van der Waals surface area contributed by atoms with Gasteiger partial charge in [0.05, 0.1) is 0 Å². The molecule has 19 heavy (non-hydrogen) atoms. The van der Waals surface area contributed by atoms with Gasteiger partial charge in [0, 0.05) is 24.9 Å². The number of nitrogens with zero attached hydrogens (tertiary/aromatic N) is 1. The Hall–Kier alpha value is -2.30. The molecule has 0 spiro atoms. The van der Waals surface area contributed by atoms with Crippen molar-refractivity contribution in [2.75, 3.05) is 18.5 Å². The average molecular weight is 262 g/mol. The van der Waals surface area contributed by atoms with Crippen LogP contribution in [0.2, 0.25) is 0 Å². The Balaban J connectivity index is 2.32. The quantitative estimate of drug-likeness (QED) is 0.610. The molecule has 2 N–H and O–H groups in total. The molecule has 0 unspecified atom stereocenters. The van der Waals surface area contributed by atoms with Gasteiger partial charge in [-0.25, -0.2) is 9.59 Å². The van der Waals surface area contributed by atoms with Crippen molar-refractivity contribution in [2.24, 2.45) is 0 Å². The van der Waals surface area contributed by atoms with Crippen molar-refractivity contribution in [3.05, 3.63) is 42.5 Å². The number of aliphatic carboxylic acids is 1. The van der Waals surface area contributed by atoms with Gasteiger partial charge in [-0.1, -0.05) is 24.8 Å². The first kappa shape index (κ1) is 14.8. The van der Waals surface area contributed by atoms with E-state index in [1.54, 1.807) is 7.05 Å². The molecule has 1 aromatic rings. The summed E-state index contributed by atoms with van der Waals surface area (Å²) >= 11 is 0. The minimum Gasteiger partial charge on any atom is -0.478 e. The van der Waals surface area contributed by atoms with E-state index in [1.165, 1.54) is 4.90 Å². The van der Waals surface area contributed by atoms with Gasteiger partial charge in [0.1, 0.15) is 0 Å². The fourth-order valence-electron chi connectivity index (χ4n) is 1.49. The van der Waals surface area contributed by atoms with Crippen LogP contribution in [0.5, 0.6) is 0 Å². The lowest BCUT2D eigenvalue weighted by Crippen LogP contribution is -2.37. The number of carbonyl (C=O) groups excluding carboxylic acids is 1. The number of para-hydroxylation sites is 1. The highest BCUT2D eigenvalue weighted by molar-refractivity contribution is 5.91. The normalized spacial score (nSPS) is 9.74. The topological polar surface area (TPSA) is 69.6 Å². The average Bonchev–Trinajstić information content (AvgIpc) is 2.43. The van der Waals surface area contributed by atoms with E-state index < -0.39 is 5.97 Å². The van der Waals surface area contributed by atoms with Gasteiger partial charge >= 0.3 is 12.0 Å². The van der Waals surface area contributed by atoms with E-state index in [0.29, 0.717) is 19.4 Å². The van der Waals surface area contributed by atoms with Crippen molar-refractivity contribution in [2.45, 2.75) is 12.8 Å². The fourth-order valence-corrected chi connectivity index (χ4v) is 1.49. The summed E-state index contributed by atoms with van der Waals surface area (Å²) in [4.78, 5) is 23.8. The molecule has 0 fully saturated rings. The van der Waals surface area contributed by atoms with Gasteiger partial charge in [-0.2, -0.15) is 0 Å². The van der Waals surface area contributed by atoms with Gasteiger partial charge in [-0.05, 0) is 25.0 Å². The molecule has 5 nitrogen and oxygen atoms in total. The van der Waals surface area contributed by atoms with Crippen LogP contribution in [-0.2, 0) is 4.79 Å². The molecule has 0 aromatic heterocycles. The summed E-state index contributed by atoms with van der Waals surface area (Å²) in [5.74, 6) is -0.993. The van der Waals surface area contributed by atoms with Gasteiger partial charge in [-0.3, -0.25) is 4.90 Å². The third-order valence-electron chi connectivity index (χ3n) is 2.68. The maximum Gasteiger partial charge on any atom is 0.330 e. The number of carboxylic acids is 1. The summed E-state index contributed by atoms with van der Waals surface area (Å²) in [7, 11) is 1.68. The predicted molar refractivity (Wildman–Crippen MR) is 74.3 cm³/mol. The summed E-state index contributed by atoms with van der Waals surface area (Å²) in [5, 5.41) is 11.4. The van der Waals surface area contributed by atoms with Crippen molar-refractivity contribution in [3.8, 4) is 0 Å². The van der Waals surface area contributed by atoms with E-state index in [2.05, 4.69) is 11.9 Å². The first-order valence-corrected chi connectivity index (χ1v) is 6.00. The van der Waals surface area contributed by atoms with Crippen LogP contribution in [0.3, 0.4) is 0 Å². The van der Waals surface area contributed by atoms with Crippen LogP contribution >= 0.6 is 0 Å². The second kappa shape index (κ2) is 7.20. The molecule has 0 aliphatic rings. The van der Waals surface area contributed by atoms with Crippen LogP contribution in [-0.4, -0.2) is 30.7 Å². The van der Waals surface area contributed by atoms with Crippen molar-refractivity contribution in [1.82, 2.24) is 5.32 Å². The Morgan fingerprint density at radius 3 is 2.53 bits per heavy atom. The lowest BCUT2D eigenvalue weighted by atomic mass is 10.2. The maximum atomic E-state index is 11.8. The highest BCUT2D eigenvalue weighted by Crippen LogP contribution is 2.10. The molecule has 0 aliphatic heterocycles. The SMILES string of the molecule is C=C(CCCNC(=O)N(C)c1ccccc1)C(=O)O. The molecule has 0 atom stereocenters. The number of carbonyl (C=O) groups is 2. The zero-order valence-electron chi connectivity index (χ0n) is 10.9. The summed E-state index contributed by atoms with van der Waals surface area (Å²) < 4.78 is 0. The number of rotatable bonds is 6. The highest BCUT2D eigenvalue weighted by Gasteiger charge is 2.09. The van der Waals surface area contributed by atoms with E-state index in [9.17, 15) is 9.59 Å². The number of benzene rings is 1. The Labute approximate surface area is 112 Å². The number of urea groups is 1. The number of nitrogens with one attached hydrogen (secondary N) is 1. The van der Waals surface area contributed by atoms with Crippen LogP contribution in [0.1, 0.15) is 12.8 Å². The highest BCUT2D eigenvalue weighted by atomic mass is 16.4. The second-order valence-corrected chi connectivity index (χ2v) is 4.14. The number of hydrogen-bond donors (Lipinski definition) is 2. The van der Waals surface area contributed by atoms with E-state index in [0.717, 1.165) is 5.69 Å². The molecular formula is C14H18N2O3. The van der Waals surface area contributed by atoms with Crippen molar-refractivity contribution >= 4 is 17.7 Å². The van der Waals surface area contributed by atoms with E-state index in [1.807, 2.05) is 30.3 Å². The number of amides is 2. The Morgan fingerprint density at radius 2 is 1.95 bits per heavy atom. The molecule has 0 aliphatic carbocycles. The molecule has 5 heteroatoms. The molecule has 0 heterocycles. The molecule has 0 bridgehead atoms. The van der Waals surface area contributed by atoms with E-state index in [4.69, 9.17) is 5.11 Å². The van der Waals surface area contributed by atoms with Crippen LogP contribution in [0.15, 0.2) is 42.5 Å². The molecule has 1 aromatic carbocycles. The minimum absolute atomic E-state index is 0.158. The molecule has 102 valence electrons. The van der Waals surface area contributed by atoms with E-state index in [-0.39, 0.29) is 11.6 Å². The predicted octanol–water partition coefficient (Wildman–Crippen LogP) is 2.25. The number of carboxylic acid groups (broad SMARTS) is 1. The number of anilines is 1. The van der Waals surface area contributed by atoms with Crippen molar-refractivity contribution < 1.29 is 14.7 Å². The van der Waals surface area contributed by atoms with Crippen LogP contribution in [0.4, 0.5) is 10.5 Å². The minimum atomic E-state index is -0.993. The Kier molecular flexibility index (Phi) is 5.60. The fraction of sp³-hybridized carbons (Fsp3) is 0.286. The van der Waals surface area contributed by atoms with Gasteiger partial charge < -0.3 is 10.4 Å². The summed E-state index contributed by atoms with van der Waals surface area (Å²) in [6, 6.07) is 9.06. The molecule has 0 radical (unpaired) electrons. The molecule has 0 saturated carbocycles.